The molecule has 1 aliphatic carbocycles. The lowest BCUT2D eigenvalue weighted by molar-refractivity contribution is -0.127. The van der Waals surface area contributed by atoms with Crippen molar-refractivity contribution in [3.63, 3.8) is 0 Å². The van der Waals surface area contributed by atoms with Crippen molar-refractivity contribution in [1.29, 1.82) is 0 Å². The van der Waals surface area contributed by atoms with E-state index in [1.54, 1.807) is 7.05 Å². The zero-order chi connectivity index (χ0) is 17.9. The lowest BCUT2D eigenvalue weighted by Crippen LogP contribution is -2.41. The first-order valence-corrected chi connectivity index (χ1v) is 9.12. The highest BCUT2D eigenvalue weighted by molar-refractivity contribution is 5.80. The maximum atomic E-state index is 11.7. The van der Waals surface area contributed by atoms with Gasteiger partial charge in [0.25, 0.3) is 0 Å². The second-order valence-corrected chi connectivity index (χ2v) is 6.44. The van der Waals surface area contributed by atoms with Crippen molar-refractivity contribution >= 4 is 11.9 Å². The molecule has 1 saturated carbocycles. The molecule has 0 aliphatic heterocycles. The quantitative estimate of drug-likeness (QED) is 0.308. The molecule has 6 nitrogen and oxygen atoms in total. The number of nitrogens with zero attached hydrogens (tertiary/aromatic N) is 1. The van der Waals surface area contributed by atoms with Crippen LogP contribution in [0.3, 0.4) is 0 Å². The minimum atomic E-state index is 0.0292. The highest BCUT2D eigenvalue weighted by atomic mass is 16.3. The number of aliphatic hydroxyl groups is 1. The molecule has 0 heterocycles. The lowest BCUT2D eigenvalue weighted by atomic mass is 9.85. The molecule has 1 aromatic carbocycles. The molecule has 4 N–H and O–H groups in total. The topological polar surface area (TPSA) is 85.8 Å². The average molecular weight is 346 g/mol. The van der Waals surface area contributed by atoms with Crippen molar-refractivity contribution in [2.75, 3.05) is 33.3 Å². The number of rotatable bonds is 9. The molecule has 0 spiro atoms. The van der Waals surface area contributed by atoms with Crippen LogP contribution in [0.2, 0.25) is 0 Å². The Morgan fingerprint density at radius 2 is 1.92 bits per heavy atom. The van der Waals surface area contributed by atoms with Crippen LogP contribution >= 0.6 is 0 Å². The number of amides is 1. The summed E-state index contributed by atoms with van der Waals surface area (Å²) in [7, 11) is 1.73. The molecule has 1 fully saturated rings. The molecule has 1 unspecified atom stereocenters. The summed E-state index contributed by atoms with van der Waals surface area (Å²) in [5.41, 5.74) is 1.10. The zero-order valence-corrected chi connectivity index (χ0v) is 15.0. The van der Waals surface area contributed by atoms with E-state index in [2.05, 4.69) is 20.9 Å². The van der Waals surface area contributed by atoms with Crippen LogP contribution in [0.4, 0.5) is 0 Å². The molecule has 1 atom stereocenters. The van der Waals surface area contributed by atoms with Gasteiger partial charge in [-0.15, -0.1) is 0 Å². The molecule has 0 radical (unpaired) electrons. The van der Waals surface area contributed by atoms with Crippen LogP contribution in [-0.2, 0) is 4.79 Å². The van der Waals surface area contributed by atoms with Gasteiger partial charge in [0, 0.05) is 38.5 Å². The molecule has 1 aromatic rings. The minimum Gasteiger partial charge on any atom is -0.396 e. The van der Waals surface area contributed by atoms with Gasteiger partial charge in [-0.2, -0.15) is 0 Å². The summed E-state index contributed by atoms with van der Waals surface area (Å²) in [6.45, 7) is 2.11. The van der Waals surface area contributed by atoms with Gasteiger partial charge < -0.3 is 21.1 Å². The van der Waals surface area contributed by atoms with Gasteiger partial charge >= 0.3 is 0 Å². The Balaban J connectivity index is 1.62. The highest BCUT2D eigenvalue weighted by Gasteiger charge is 2.24. The summed E-state index contributed by atoms with van der Waals surface area (Å²) < 4.78 is 0. The van der Waals surface area contributed by atoms with Crippen LogP contribution in [0.25, 0.3) is 0 Å². The first-order valence-electron chi connectivity index (χ1n) is 9.12. The van der Waals surface area contributed by atoms with E-state index in [0.29, 0.717) is 19.0 Å². The Labute approximate surface area is 150 Å². The fourth-order valence-corrected chi connectivity index (χ4v) is 2.78. The maximum absolute atomic E-state index is 11.7. The second kappa shape index (κ2) is 10.7. The number of carbonyl (C=O) groups excluding carboxylic acids is 1. The summed E-state index contributed by atoms with van der Waals surface area (Å²) in [5, 5.41) is 19.1. The summed E-state index contributed by atoms with van der Waals surface area (Å²) >= 11 is 0. The third-order valence-corrected chi connectivity index (χ3v) is 4.65. The van der Waals surface area contributed by atoms with Crippen LogP contribution in [0.15, 0.2) is 35.3 Å². The minimum absolute atomic E-state index is 0.0292. The van der Waals surface area contributed by atoms with Gasteiger partial charge in [0.2, 0.25) is 5.91 Å². The molecular formula is C19H30N4O2. The van der Waals surface area contributed by atoms with Crippen LogP contribution in [-0.4, -0.2) is 50.3 Å². The molecule has 0 saturated heterocycles. The van der Waals surface area contributed by atoms with E-state index in [-0.39, 0.29) is 24.3 Å². The average Bonchev–Trinajstić information content (AvgIpc) is 2.59. The van der Waals surface area contributed by atoms with Gasteiger partial charge in [0.15, 0.2) is 5.96 Å². The third-order valence-electron chi connectivity index (χ3n) is 4.65. The number of guanidine groups is 1. The molecule has 138 valence electrons. The number of carbonyl (C=O) groups is 1. The molecule has 6 heteroatoms. The normalized spacial score (nSPS) is 16.0. The largest absolute Gasteiger partial charge is 0.396 e. The zero-order valence-electron chi connectivity index (χ0n) is 15.0. The van der Waals surface area contributed by atoms with Crippen LogP contribution in [0, 0.1) is 5.92 Å². The van der Waals surface area contributed by atoms with E-state index < -0.39 is 0 Å². The van der Waals surface area contributed by atoms with Crippen molar-refractivity contribution in [1.82, 2.24) is 16.0 Å². The standard InChI is InChI=1S/C19H30N4O2/c1-20-19(22-12-6-11-21-18(25)16-9-5-10-16)23-13-17(14-24)15-7-3-2-4-8-15/h2-4,7-8,16-17,24H,5-6,9-14H2,1H3,(H,21,25)(H2,20,22,23). The maximum Gasteiger partial charge on any atom is 0.223 e. The number of hydrogen-bond acceptors (Lipinski definition) is 3. The Kier molecular flexibility index (Phi) is 8.25. The number of hydrogen-bond donors (Lipinski definition) is 4. The summed E-state index contributed by atoms with van der Waals surface area (Å²) in [6, 6.07) is 9.95. The fraction of sp³-hybridized carbons (Fsp3) is 0.579. The molecule has 0 aromatic heterocycles. The fourth-order valence-electron chi connectivity index (χ4n) is 2.78. The summed E-state index contributed by atoms with van der Waals surface area (Å²) in [4.78, 5) is 15.9. The van der Waals surface area contributed by atoms with Crippen molar-refractivity contribution in [2.24, 2.45) is 10.9 Å². The van der Waals surface area contributed by atoms with Crippen LogP contribution < -0.4 is 16.0 Å². The lowest BCUT2D eigenvalue weighted by Gasteiger charge is -2.24. The Morgan fingerprint density at radius 3 is 2.52 bits per heavy atom. The van der Waals surface area contributed by atoms with Crippen LogP contribution in [0.1, 0.15) is 37.2 Å². The van der Waals surface area contributed by atoms with Gasteiger partial charge in [-0.25, -0.2) is 0 Å². The monoisotopic (exact) mass is 346 g/mol. The van der Waals surface area contributed by atoms with E-state index in [0.717, 1.165) is 31.4 Å². The van der Waals surface area contributed by atoms with Gasteiger partial charge in [0.1, 0.15) is 0 Å². The molecule has 1 amide bonds. The third kappa shape index (κ3) is 6.38. The Bertz CT molecular complexity index is 544. The van der Waals surface area contributed by atoms with E-state index >= 15 is 0 Å². The van der Waals surface area contributed by atoms with Gasteiger partial charge in [-0.1, -0.05) is 36.8 Å². The van der Waals surface area contributed by atoms with Gasteiger partial charge in [-0.3, -0.25) is 9.79 Å². The number of aliphatic imine (C=N–C) groups is 1. The number of benzene rings is 1. The predicted octanol–water partition coefficient (Wildman–Crippen LogP) is 1.23. The predicted molar refractivity (Wildman–Crippen MR) is 101 cm³/mol. The molecule has 1 aliphatic rings. The summed E-state index contributed by atoms with van der Waals surface area (Å²) in [6.07, 6.45) is 4.10. The number of aliphatic hydroxyl groups excluding tert-OH is 1. The Hall–Kier alpha value is -2.08. The van der Waals surface area contributed by atoms with Gasteiger partial charge in [0.05, 0.1) is 6.61 Å². The van der Waals surface area contributed by atoms with Crippen molar-refractivity contribution in [3.8, 4) is 0 Å². The first-order chi connectivity index (χ1) is 12.2. The Morgan fingerprint density at radius 1 is 1.20 bits per heavy atom. The van der Waals surface area contributed by atoms with Crippen LogP contribution in [0.5, 0.6) is 0 Å². The van der Waals surface area contributed by atoms with E-state index in [1.165, 1.54) is 6.42 Å². The molecular weight excluding hydrogens is 316 g/mol. The smallest absolute Gasteiger partial charge is 0.223 e. The van der Waals surface area contributed by atoms with Crippen molar-refractivity contribution in [2.45, 2.75) is 31.6 Å². The van der Waals surface area contributed by atoms with E-state index in [9.17, 15) is 9.90 Å². The number of nitrogens with one attached hydrogen (secondary N) is 3. The summed E-state index contributed by atoms with van der Waals surface area (Å²) in [5.74, 6) is 1.18. The highest BCUT2D eigenvalue weighted by Crippen LogP contribution is 2.25. The molecule has 2 rings (SSSR count). The SMILES string of the molecule is CN=C(NCCCNC(=O)C1CCC1)NCC(CO)c1ccccc1. The van der Waals surface area contributed by atoms with Gasteiger partial charge in [-0.05, 0) is 24.8 Å². The first kappa shape index (κ1) is 19.2. The molecule has 25 heavy (non-hydrogen) atoms. The second-order valence-electron chi connectivity index (χ2n) is 6.44. The molecule has 0 bridgehead atoms. The van der Waals surface area contributed by atoms with E-state index in [1.807, 2.05) is 30.3 Å². The van der Waals surface area contributed by atoms with Crippen molar-refractivity contribution < 1.29 is 9.90 Å². The van der Waals surface area contributed by atoms with E-state index in [4.69, 9.17) is 0 Å². The van der Waals surface area contributed by atoms with Crippen molar-refractivity contribution in [3.05, 3.63) is 35.9 Å².